The fourth-order valence-electron chi connectivity index (χ4n) is 2.76. The maximum absolute atomic E-state index is 12.0. The zero-order valence-electron chi connectivity index (χ0n) is 14.2. The molecule has 1 amide bonds. The van der Waals surface area contributed by atoms with Crippen LogP contribution >= 0.6 is 11.8 Å². The van der Waals surface area contributed by atoms with Crippen LogP contribution in [0.2, 0.25) is 0 Å². The molecule has 1 atom stereocenters. The number of hydrogen-bond donors (Lipinski definition) is 2. The Morgan fingerprint density at radius 2 is 2.17 bits per heavy atom. The summed E-state index contributed by atoms with van der Waals surface area (Å²) in [7, 11) is 5.88. The van der Waals surface area contributed by atoms with Gasteiger partial charge in [0.2, 0.25) is 5.91 Å². The fraction of sp³-hybridized carbons (Fsp3) is 0.588. The lowest BCUT2D eigenvalue weighted by atomic mass is 9.97. The van der Waals surface area contributed by atoms with Gasteiger partial charge in [0.05, 0.1) is 13.7 Å². The highest BCUT2D eigenvalue weighted by atomic mass is 32.2. The second kappa shape index (κ2) is 8.57. The van der Waals surface area contributed by atoms with E-state index >= 15 is 0 Å². The number of para-hydroxylation sites is 1. The topological polar surface area (TPSA) is 53.6 Å². The first-order valence-electron chi connectivity index (χ1n) is 7.92. The number of carbonyl (C=O) groups is 1. The van der Waals surface area contributed by atoms with Crippen LogP contribution in [0, 0.1) is 0 Å². The summed E-state index contributed by atoms with van der Waals surface area (Å²) in [5.74, 6) is 3.13. The molecule has 1 aromatic carbocycles. The van der Waals surface area contributed by atoms with Crippen LogP contribution in [0.25, 0.3) is 0 Å². The zero-order chi connectivity index (χ0) is 16.7. The molecule has 0 aliphatic carbocycles. The van der Waals surface area contributed by atoms with Crippen LogP contribution < -0.4 is 15.4 Å². The lowest BCUT2D eigenvalue weighted by Gasteiger charge is -2.35. The first-order valence-corrected chi connectivity index (χ1v) is 9.07. The quantitative estimate of drug-likeness (QED) is 0.750. The molecule has 1 fully saturated rings. The Morgan fingerprint density at radius 1 is 1.39 bits per heavy atom. The first-order chi connectivity index (χ1) is 11.1. The highest BCUT2D eigenvalue weighted by molar-refractivity contribution is 7.99. The molecular formula is C17H27N3O2S. The van der Waals surface area contributed by atoms with E-state index in [1.54, 1.807) is 7.11 Å². The van der Waals surface area contributed by atoms with Crippen LogP contribution in [0.4, 0.5) is 0 Å². The molecule has 5 nitrogen and oxygen atoms in total. The third-order valence-corrected chi connectivity index (χ3v) is 5.67. The monoisotopic (exact) mass is 337 g/mol. The van der Waals surface area contributed by atoms with E-state index < -0.39 is 0 Å². The van der Waals surface area contributed by atoms with Gasteiger partial charge in [-0.05, 0) is 32.3 Å². The summed E-state index contributed by atoms with van der Waals surface area (Å²) >= 11 is 1.98. The average molecular weight is 337 g/mol. The zero-order valence-corrected chi connectivity index (χ0v) is 15.0. The highest BCUT2D eigenvalue weighted by Gasteiger charge is 2.36. The van der Waals surface area contributed by atoms with Crippen molar-refractivity contribution in [1.29, 1.82) is 0 Å². The van der Waals surface area contributed by atoms with Gasteiger partial charge >= 0.3 is 0 Å². The van der Waals surface area contributed by atoms with Gasteiger partial charge in [0.1, 0.15) is 5.75 Å². The molecule has 6 heteroatoms. The van der Waals surface area contributed by atoms with Gasteiger partial charge in [0, 0.05) is 29.9 Å². The van der Waals surface area contributed by atoms with Crippen LogP contribution in [0.15, 0.2) is 24.3 Å². The molecule has 1 aliphatic rings. The second-order valence-electron chi connectivity index (χ2n) is 6.11. The van der Waals surface area contributed by atoms with Crippen LogP contribution in [0.3, 0.4) is 0 Å². The second-order valence-corrected chi connectivity index (χ2v) is 7.22. The van der Waals surface area contributed by atoms with Crippen molar-refractivity contribution in [3.63, 3.8) is 0 Å². The molecule has 1 saturated heterocycles. The van der Waals surface area contributed by atoms with Gasteiger partial charge < -0.3 is 20.3 Å². The van der Waals surface area contributed by atoms with E-state index in [1.165, 1.54) is 12.2 Å². The molecule has 128 valence electrons. The van der Waals surface area contributed by atoms with Gasteiger partial charge in [-0.1, -0.05) is 18.2 Å². The Morgan fingerprint density at radius 3 is 2.83 bits per heavy atom. The molecule has 1 aromatic rings. The Labute approximate surface area is 143 Å². The summed E-state index contributed by atoms with van der Waals surface area (Å²) < 4.78 is 5.29. The Hall–Kier alpha value is -1.24. The molecular weight excluding hydrogens is 310 g/mol. The lowest BCUT2D eigenvalue weighted by molar-refractivity contribution is -0.120. The van der Waals surface area contributed by atoms with Crippen molar-refractivity contribution in [2.45, 2.75) is 18.5 Å². The first kappa shape index (κ1) is 18.1. The lowest BCUT2D eigenvalue weighted by Crippen LogP contribution is -2.53. The molecule has 2 rings (SSSR count). The van der Waals surface area contributed by atoms with Gasteiger partial charge in [-0.3, -0.25) is 4.79 Å². The summed E-state index contributed by atoms with van der Waals surface area (Å²) in [4.78, 5) is 14.3. The van der Waals surface area contributed by atoms with E-state index in [0.29, 0.717) is 13.1 Å². The minimum atomic E-state index is 0.00969. The minimum Gasteiger partial charge on any atom is -0.496 e. The summed E-state index contributed by atoms with van der Waals surface area (Å²) in [6, 6.07) is 7.73. The van der Waals surface area contributed by atoms with E-state index in [2.05, 4.69) is 29.6 Å². The summed E-state index contributed by atoms with van der Waals surface area (Å²) in [6.07, 6.45) is 1.17. The van der Waals surface area contributed by atoms with Crippen LogP contribution in [-0.4, -0.2) is 62.1 Å². The van der Waals surface area contributed by atoms with Gasteiger partial charge in [0.15, 0.2) is 0 Å². The molecule has 0 bridgehead atoms. The number of amides is 1. The predicted molar refractivity (Wildman–Crippen MR) is 96.1 cm³/mol. The maximum Gasteiger partial charge on any atom is 0.234 e. The number of thioether (sulfide) groups is 1. The Balaban J connectivity index is 1.75. The Kier molecular flexibility index (Phi) is 6.74. The van der Waals surface area contributed by atoms with Crippen LogP contribution in [0.1, 0.15) is 12.0 Å². The number of ether oxygens (including phenoxy) is 1. The standard InChI is InChI=1S/C17H27N3O2S/c1-20(2)17(8-9-23-13-17)12-18-11-16(21)19-10-14-6-4-5-7-15(14)22-3/h4-7,18H,8-13H2,1-3H3,(H,19,21)/t17-/m1/s1. The van der Waals surface area contributed by atoms with Crippen molar-refractivity contribution in [3.8, 4) is 5.75 Å². The van der Waals surface area contributed by atoms with Gasteiger partial charge in [-0.25, -0.2) is 0 Å². The number of likely N-dealkylation sites (N-methyl/N-ethyl adjacent to an activating group) is 1. The van der Waals surface area contributed by atoms with E-state index in [1.807, 2.05) is 36.0 Å². The highest BCUT2D eigenvalue weighted by Crippen LogP contribution is 2.31. The Bertz CT molecular complexity index is 516. The van der Waals surface area contributed by atoms with Gasteiger partial charge in [-0.2, -0.15) is 11.8 Å². The molecule has 23 heavy (non-hydrogen) atoms. The largest absolute Gasteiger partial charge is 0.496 e. The number of benzene rings is 1. The molecule has 2 N–H and O–H groups in total. The molecule has 0 saturated carbocycles. The van der Waals surface area contributed by atoms with Crippen molar-refractivity contribution < 1.29 is 9.53 Å². The van der Waals surface area contributed by atoms with Crippen molar-refractivity contribution in [3.05, 3.63) is 29.8 Å². The van der Waals surface area contributed by atoms with Crippen molar-refractivity contribution >= 4 is 17.7 Å². The molecule has 1 heterocycles. The minimum absolute atomic E-state index is 0.00969. The van der Waals surface area contributed by atoms with E-state index in [-0.39, 0.29) is 11.4 Å². The fourth-order valence-corrected chi connectivity index (χ4v) is 4.31. The third-order valence-electron chi connectivity index (χ3n) is 4.44. The van der Waals surface area contributed by atoms with Crippen molar-refractivity contribution in [2.24, 2.45) is 0 Å². The van der Waals surface area contributed by atoms with E-state index in [9.17, 15) is 4.79 Å². The van der Waals surface area contributed by atoms with Crippen molar-refractivity contribution in [2.75, 3.05) is 45.8 Å². The molecule has 1 aliphatic heterocycles. The maximum atomic E-state index is 12.0. The van der Waals surface area contributed by atoms with Gasteiger partial charge in [0.25, 0.3) is 0 Å². The normalized spacial score (nSPS) is 20.7. The number of hydrogen-bond acceptors (Lipinski definition) is 5. The van der Waals surface area contributed by atoms with Crippen molar-refractivity contribution in [1.82, 2.24) is 15.5 Å². The summed E-state index contributed by atoms with van der Waals surface area (Å²) in [5, 5.41) is 6.26. The number of nitrogens with zero attached hydrogens (tertiary/aromatic N) is 1. The summed E-state index contributed by atoms with van der Waals surface area (Å²) in [5.41, 5.74) is 1.16. The smallest absolute Gasteiger partial charge is 0.234 e. The number of rotatable bonds is 8. The van der Waals surface area contributed by atoms with Gasteiger partial charge in [-0.15, -0.1) is 0 Å². The number of methoxy groups -OCH3 is 1. The summed E-state index contributed by atoms with van der Waals surface area (Å²) in [6.45, 7) is 1.67. The molecule has 0 spiro atoms. The van der Waals surface area contributed by atoms with E-state index in [0.717, 1.165) is 23.6 Å². The molecule has 0 aromatic heterocycles. The van der Waals surface area contributed by atoms with Crippen LogP contribution in [0.5, 0.6) is 5.75 Å². The third kappa shape index (κ3) is 4.86. The average Bonchev–Trinajstić information content (AvgIpc) is 3.03. The van der Waals surface area contributed by atoms with E-state index in [4.69, 9.17) is 4.74 Å². The van der Waals surface area contributed by atoms with Crippen LogP contribution in [-0.2, 0) is 11.3 Å². The number of carbonyl (C=O) groups excluding carboxylic acids is 1. The number of nitrogens with one attached hydrogen (secondary N) is 2. The SMILES string of the molecule is COc1ccccc1CNC(=O)CNC[C@]1(N(C)C)CCSC1. The predicted octanol–water partition coefficient (Wildman–Crippen LogP) is 1.34. The molecule has 0 radical (unpaired) electrons. The molecule has 0 unspecified atom stereocenters.